The zero-order valence-corrected chi connectivity index (χ0v) is 10.9. The Morgan fingerprint density at radius 2 is 1.37 bits per heavy atom. The average molecular weight is 264 g/mol. The van der Waals surface area contributed by atoms with Gasteiger partial charge in [-0.3, -0.25) is 19.2 Å². The van der Waals surface area contributed by atoms with Gasteiger partial charge < -0.3 is 5.11 Å². The maximum Gasteiger partial charge on any atom is 0.310 e. The van der Waals surface area contributed by atoms with Gasteiger partial charge in [0.25, 0.3) is 0 Å². The van der Waals surface area contributed by atoms with Crippen molar-refractivity contribution in [1.29, 1.82) is 0 Å². The Kier molecular flexibility index (Phi) is 7.68. The lowest BCUT2D eigenvalue weighted by Gasteiger charge is -1.95. The highest BCUT2D eigenvalue weighted by atomic mass is 16.4. The van der Waals surface area contributed by atoms with Gasteiger partial charge in [0, 0.05) is 5.56 Å². The highest BCUT2D eigenvalue weighted by Crippen LogP contribution is 2.02. The number of Topliss-reactive ketones (excluding diaryl/α,β-unsaturated/α-hetero) is 3. The van der Waals surface area contributed by atoms with Gasteiger partial charge in [0.2, 0.25) is 0 Å². The van der Waals surface area contributed by atoms with Crippen LogP contribution in [-0.2, 0) is 14.4 Å². The fourth-order valence-corrected chi connectivity index (χ4v) is 1.17. The molecule has 0 amide bonds. The van der Waals surface area contributed by atoms with Crippen LogP contribution in [0.1, 0.15) is 37.0 Å². The molecule has 0 aliphatic rings. The third kappa shape index (κ3) is 9.41. The van der Waals surface area contributed by atoms with Crippen molar-refractivity contribution in [3.63, 3.8) is 0 Å². The minimum atomic E-state index is -1.06. The van der Waals surface area contributed by atoms with Crippen LogP contribution in [0.15, 0.2) is 30.3 Å². The molecule has 0 aromatic heterocycles. The van der Waals surface area contributed by atoms with Gasteiger partial charge in [-0.05, 0) is 13.8 Å². The van der Waals surface area contributed by atoms with Crippen LogP contribution in [0, 0.1) is 0 Å². The van der Waals surface area contributed by atoms with Crippen LogP contribution in [0.4, 0.5) is 0 Å². The normalized spacial score (nSPS) is 8.95. The maximum absolute atomic E-state index is 11.2. The van der Waals surface area contributed by atoms with E-state index in [1.807, 2.05) is 6.07 Å². The highest BCUT2D eigenvalue weighted by Gasteiger charge is 2.06. The molecule has 5 heteroatoms. The van der Waals surface area contributed by atoms with Crippen LogP contribution >= 0.6 is 0 Å². The minimum Gasteiger partial charge on any atom is -0.481 e. The van der Waals surface area contributed by atoms with E-state index in [1.54, 1.807) is 24.3 Å². The molecule has 0 saturated heterocycles. The van der Waals surface area contributed by atoms with Crippen molar-refractivity contribution in [2.75, 3.05) is 0 Å². The Balaban J connectivity index is 0.000000399. The van der Waals surface area contributed by atoms with Gasteiger partial charge in [0.15, 0.2) is 5.78 Å². The topological polar surface area (TPSA) is 88.5 Å². The standard InChI is InChI=1S/C10H10O2.C4H6O3/c1-8(11)7-10(12)9-5-3-2-4-6-9;1-3(5)2-4(6)7/h2-6H,7H2,1H3;2H2,1H3,(H,6,7). The molecule has 1 aromatic carbocycles. The molecule has 0 bridgehead atoms. The van der Waals surface area contributed by atoms with Crippen LogP contribution in [0.3, 0.4) is 0 Å². The van der Waals surface area contributed by atoms with E-state index in [1.165, 1.54) is 13.8 Å². The summed E-state index contributed by atoms with van der Waals surface area (Å²) in [6.45, 7) is 2.66. The van der Waals surface area contributed by atoms with Gasteiger partial charge in [0.1, 0.15) is 18.0 Å². The number of carboxylic acid groups (broad SMARTS) is 1. The Morgan fingerprint density at radius 1 is 0.895 bits per heavy atom. The van der Waals surface area contributed by atoms with Gasteiger partial charge in [-0.25, -0.2) is 0 Å². The summed E-state index contributed by atoms with van der Waals surface area (Å²) in [6, 6.07) is 8.84. The molecule has 5 nitrogen and oxygen atoms in total. The lowest BCUT2D eigenvalue weighted by atomic mass is 10.1. The van der Waals surface area contributed by atoms with E-state index in [0.717, 1.165) is 0 Å². The Hall–Kier alpha value is -2.30. The second kappa shape index (κ2) is 8.74. The summed E-state index contributed by atoms with van der Waals surface area (Å²) in [5, 5.41) is 7.86. The molecule has 19 heavy (non-hydrogen) atoms. The predicted octanol–water partition coefficient (Wildman–Crippen LogP) is 1.90. The van der Waals surface area contributed by atoms with Gasteiger partial charge in [-0.1, -0.05) is 30.3 Å². The Morgan fingerprint density at radius 3 is 1.68 bits per heavy atom. The quantitative estimate of drug-likeness (QED) is 0.648. The summed E-state index contributed by atoms with van der Waals surface area (Å²) in [6.07, 6.45) is -0.357. The zero-order valence-electron chi connectivity index (χ0n) is 10.9. The van der Waals surface area contributed by atoms with Crippen molar-refractivity contribution in [2.24, 2.45) is 0 Å². The Bertz CT molecular complexity index is 450. The molecule has 0 radical (unpaired) electrons. The second-order valence-electron chi connectivity index (χ2n) is 3.94. The van der Waals surface area contributed by atoms with Gasteiger partial charge in [0.05, 0.1) is 6.42 Å². The number of carbonyl (C=O) groups is 4. The van der Waals surface area contributed by atoms with Crippen molar-refractivity contribution < 1.29 is 24.3 Å². The van der Waals surface area contributed by atoms with Crippen molar-refractivity contribution in [2.45, 2.75) is 26.7 Å². The van der Waals surface area contributed by atoms with E-state index in [0.29, 0.717) is 5.56 Å². The van der Waals surface area contributed by atoms with E-state index in [9.17, 15) is 19.2 Å². The molecule has 1 aromatic rings. The summed E-state index contributed by atoms with van der Waals surface area (Å²) in [7, 11) is 0. The smallest absolute Gasteiger partial charge is 0.310 e. The minimum absolute atomic E-state index is 0.00398. The van der Waals surface area contributed by atoms with E-state index >= 15 is 0 Å². The first-order valence-corrected chi connectivity index (χ1v) is 5.62. The number of ketones is 3. The molecule has 102 valence electrons. The third-order valence-electron chi connectivity index (χ3n) is 1.91. The fraction of sp³-hybridized carbons (Fsp3) is 0.286. The predicted molar refractivity (Wildman–Crippen MR) is 69.0 cm³/mol. The SMILES string of the molecule is CC(=O)CC(=O)O.CC(=O)CC(=O)c1ccccc1. The number of carboxylic acids is 1. The van der Waals surface area contributed by atoms with Crippen LogP contribution in [-0.4, -0.2) is 28.4 Å². The molecule has 0 heterocycles. The Labute approximate surface area is 111 Å². The van der Waals surface area contributed by atoms with Crippen molar-refractivity contribution in [3.8, 4) is 0 Å². The number of rotatable bonds is 5. The van der Waals surface area contributed by atoms with Crippen LogP contribution in [0.25, 0.3) is 0 Å². The molecule has 0 aliphatic heterocycles. The zero-order chi connectivity index (χ0) is 14.8. The number of aliphatic carboxylic acids is 1. The molecule has 0 saturated carbocycles. The van der Waals surface area contributed by atoms with Gasteiger partial charge in [-0.15, -0.1) is 0 Å². The van der Waals surface area contributed by atoms with E-state index < -0.39 is 5.97 Å². The summed E-state index contributed by atoms with van der Waals surface area (Å²) < 4.78 is 0. The molecule has 1 N–H and O–H groups in total. The van der Waals surface area contributed by atoms with Gasteiger partial charge >= 0.3 is 5.97 Å². The van der Waals surface area contributed by atoms with Crippen molar-refractivity contribution in [1.82, 2.24) is 0 Å². The molecule has 1 rings (SSSR count). The summed E-state index contributed by atoms with van der Waals surface area (Å²) in [4.78, 5) is 41.3. The number of hydrogen-bond donors (Lipinski definition) is 1. The number of carbonyl (C=O) groups excluding carboxylic acids is 3. The third-order valence-corrected chi connectivity index (χ3v) is 1.91. The lowest BCUT2D eigenvalue weighted by Crippen LogP contribution is -2.04. The molecule has 0 spiro atoms. The number of benzene rings is 1. The summed E-state index contributed by atoms with van der Waals surface area (Å²) in [5.74, 6) is -1.58. The molecule has 0 fully saturated rings. The van der Waals surface area contributed by atoms with Crippen LogP contribution in [0.5, 0.6) is 0 Å². The summed E-state index contributed by atoms with van der Waals surface area (Å²) in [5.41, 5.74) is 0.604. The average Bonchev–Trinajstić information content (AvgIpc) is 2.28. The molecule has 0 aliphatic carbocycles. The second-order valence-corrected chi connectivity index (χ2v) is 3.94. The van der Waals surface area contributed by atoms with E-state index in [-0.39, 0.29) is 30.2 Å². The molecular weight excluding hydrogens is 248 g/mol. The first-order chi connectivity index (χ1) is 8.82. The first kappa shape index (κ1) is 16.7. The fourth-order valence-electron chi connectivity index (χ4n) is 1.17. The lowest BCUT2D eigenvalue weighted by molar-refractivity contribution is -0.139. The van der Waals surface area contributed by atoms with E-state index in [4.69, 9.17) is 5.11 Å². The molecule has 0 atom stereocenters. The van der Waals surface area contributed by atoms with Crippen LogP contribution < -0.4 is 0 Å². The summed E-state index contributed by atoms with van der Waals surface area (Å²) >= 11 is 0. The molecule has 0 unspecified atom stereocenters. The van der Waals surface area contributed by atoms with E-state index in [2.05, 4.69) is 0 Å². The van der Waals surface area contributed by atoms with Crippen LogP contribution in [0.2, 0.25) is 0 Å². The number of hydrogen-bond acceptors (Lipinski definition) is 4. The monoisotopic (exact) mass is 264 g/mol. The highest BCUT2D eigenvalue weighted by molar-refractivity contribution is 6.07. The molecular formula is C14H16O5. The largest absolute Gasteiger partial charge is 0.481 e. The van der Waals surface area contributed by atoms with Crippen molar-refractivity contribution in [3.05, 3.63) is 35.9 Å². The van der Waals surface area contributed by atoms with Crippen molar-refractivity contribution >= 4 is 23.3 Å². The van der Waals surface area contributed by atoms with Gasteiger partial charge in [-0.2, -0.15) is 0 Å². The maximum atomic E-state index is 11.2. The first-order valence-electron chi connectivity index (χ1n) is 5.62.